The molecule has 4 nitrogen and oxygen atoms in total. The van der Waals surface area contributed by atoms with E-state index in [1.165, 1.54) is 0 Å². The van der Waals surface area contributed by atoms with Crippen molar-refractivity contribution < 1.29 is 14.7 Å². The lowest BCUT2D eigenvalue weighted by molar-refractivity contribution is -0.141. The summed E-state index contributed by atoms with van der Waals surface area (Å²) in [4.78, 5) is 22.9. The molecule has 0 heterocycles. The van der Waals surface area contributed by atoms with Gasteiger partial charge in [0.25, 0.3) is 5.91 Å². The second kappa shape index (κ2) is 6.17. The summed E-state index contributed by atoms with van der Waals surface area (Å²) >= 11 is 2.17. The first-order valence-electron chi connectivity index (χ1n) is 5.63. The summed E-state index contributed by atoms with van der Waals surface area (Å²) < 4.78 is 1.01. The molecule has 18 heavy (non-hydrogen) atoms. The number of benzene rings is 1. The molecule has 2 atom stereocenters. The molecule has 0 aliphatic rings. The van der Waals surface area contributed by atoms with Crippen LogP contribution in [0.4, 0.5) is 0 Å². The molecule has 0 bridgehead atoms. The fourth-order valence-corrected chi connectivity index (χ4v) is 1.98. The molecule has 98 valence electrons. The Morgan fingerprint density at radius 2 is 1.94 bits per heavy atom. The minimum absolute atomic E-state index is 0.230. The van der Waals surface area contributed by atoms with Crippen LogP contribution in [0.1, 0.15) is 29.8 Å². The van der Waals surface area contributed by atoms with Gasteiger partial charge in [-0.3, -0.25) is 9.59 Å². The van der Waals surface area contributed by atoms with Gasteiger partial charge in [-0.2, -0.15) is 0 Å². The van der Waals surface area contributed by atoms with Crippen LogP contribution in [0, 0.1) is 16.4 Å². The smallest absolute Gasteiger partial charge is 0.308 e. The van der Waals surface area contributed by atoms with E-state index in [4.69, 9.17) is 5.11 Å². The molecule has 0 saturated heterocycles. The highest BCUT2D eigenvalue weighted by Crippen LogP contribution is 2.16. The van der Waals surface area contributed by atoms with E-state index in [0.29, 0.717) is 5.56 Å². The summed E-state index contributed by atoms with van der Waals surface area (Å²) in [5.41, 5.74) is 1.50. The van der Waals surface area contributed by atoms with E-state index in [9.17, 15) is 9.59 Å². The van der Waals surface area contributed by atoms with Crippen molar-refractivity contribution in [3.8, 4) is 0 Å². The number of amides is 1. The van der Waals surface area contributed by atoms with Crippen LogP contribution >= 0.6 is 22.6 Å². The summed E-state index contributed by atoms with van der Waals surface area (Å²) in [6.45, 7) is 5.15. The Kier molecular flexibility index (Phi) is 5.13. The van der Waals surface area contributed by atoms with Crippen LogP contribution in [-0.4, -0.2) is 23.0 Å². The second-order valence-corrected chi connectivity index (χ2v) is 5.46. The molecule has 2 N–H and O–H groups in total. The van der Waals surface area contributed by atoms with Crippen molar-refractivity contribution in [1.29, 1.82) is 0 Å². The average Bonchev–Trinajstić information content (AvgIpc) is 2.31. The van der Waals surface area contributed by atoms with E-state index in [-0.39, 0.29) is 5.91 Å². The van der Waals surface area contributed by atoms with Gasteiger partial charge >= 0.3 is 5.97 Å². The van der Waals surface area contributed by atoms with Crippen LogP contribution < -0.4 is 5.32 Å². The summed E-state index contributed by atoms with van der Waals surface area (Å²) in [6, 6.07) is 5.07. The molecular weight excluding hydrogens is 345 g/mol. The third kappa shape index (κ3) is 3.44. The Morgan fingerprint density at radius 3 is 2.50 bits per heavy atom. The van der Waals surface area contributed by atoms with E-state index in [2.05, 4.69) is 27.9 Å². The number of carbonyl (C=O) groups excluding carboxylic acids is 1. The number of carbonyl (C=O) groups is 2. The summed E-state index contributed by atoms with van der Waals surface area (Å²) in [6.07, 6.45) is 0. The second-order valence-electron chi connectivity index (χ2n) is 4.30. The Bertz CT molecular complexity index is 473. The lowest BCUT2D eigenvalue weighted by Gasteiger charge is -2.18. The van der Waals surface area contributed by atoms with Crippen molar-refractivity contribution in [2.45, 2.75) is 26.8 Å². The zero-order valence-electron chi connectivity index (χ0n) is 10.5. The van der Waals surface area contributed by atoms with Crippen molar-refractivity contribution in [1.82, 2.24) is 5.32 Å². The molecule has 0 spiro atoms. The Balaban J connectivity index is 2.83. The largest absolute Gasteiger partial charge is 0.481 e. The van der Waals surface area contributed by atoms with Crippen LogP contribution in [0.2, 0.25) is 0 Å². The van der Waals surface area contributed by atoms with Crippen LogP contribution in [-0.2, 0) is 4.79 Å². The van der Waals surface area contributed by atoms with Gasteiger partial charge in [-0.15, -0.1) is 0 Å². The number of halogens is 1. The van der Waals surface area contributed by atoms with Crippen molar-refractivity contribution in [2.24, 2.45) is 5.92 Å². The molecule has 1 aromatic carbocycles. The molecule has 2 unspecified atom stereocenters. The van der Waals surface area contributed by atoms with Gasteiger partial charge in [-0.05, 0) is 61.1 Å². The predicted octanol–water partition coefficient (Wildman–Crippen LogP) is 2.44. The highest BCUT2D eigenvalue weighted by atomic mass is 127. The fourth-order valence-electron chi connectivity index (χ4n) is 1.48. The van der Waals surface area contributed by atoms with Gasteiger partial charge in [0.2, 0.25) is 0 Å². The van der Waals surface area contributed by atoms with Gasteiger partial charge in [-0.1, -0.05) is 6.07 Å². The van der Waals surface area contributed by atoms with Gasteiger partial charge < -0.3 is 10.4 Å². The number of hydrogen-bond acceptors (Lipinski definition) is 2. The maximum atomic E-state index is 12.0. The third-order valence-corrected chi connectivity index (χ3v) is 4.18. The molecule has 0 aromatic heterocycles. The molecular formula is C13H16INO3. The molecule has 1 rings (SSSR count). The van der Waals surface area contributed by atoms with E-state index >= 15 is 0 Å². The van der Waals surface area contributed by atoms with E-state index in [1.54, 1.807) is 19.9 Å². The Morgan fingerprint density at radius 1 is 1.33 bits per heavy atom. The molecule has 0 saturated carbocycles. The summed E-state index contributed by atoms with van der Waals surface area (Å²) in [5.74, 6) is -1.76. The number of carboxylic acids is 1. The molecule has 1 amide bonds. The van der Waals surface area contributed by atoms with Crippen molar-refractivity contribution in [3.05, 3.63) is 32.9 Å². The third-order valence-electron chi connectivity index (χ3n) is 3.01. The van der Waals surface area contributed by atoms with Crippen LogP contribution in [0.25, 0.3) is 0 Å². The Hall–Kier alpha value is -1.11. The van der Waals surface area contributed by atoms with E-state index in [0.717, 1.165) is 9.13 Å². The number of rotatable bonds is 4. The summed E-state index contributed by atoms with van der Waals surface area (Å²) in [5, 5.41) is 11.6. The topological polar surface area (TPSA) is 66.4 Å². The standard InChI is InChI=1S/C13H16INO3/c1-7(13(17)18)9(3)15-12(16)10-5-4-6-11(14)8(10)2/h4-7,9H,1-3H3,(H,15,16)(H,17,18). The number of hydrogen-bond donors (Lipinski definition) is 2. The first kappa shape index (κ1) is 14.9. The van der Waals surface area contributed by atoms with Gasteiger partial charge in [0.05, 0.1) is 5.92 Å². The highest BCUT2D eigenvalue weighted by molar-refractivity contribution is 14.1. The van der Waals surface area contributed by atoms with Crippen molar-refractivity contribution in [2.75, 3.05) is 0 Å². The lowest BCUT2D eigenvalue weighted by Crippen LogP contribution is -2.40. The zero-order valence-corrected chi connectivity index (χ0v) is 12.7. The maximum absolute atomic E-state index is 12.0. The molecule has 1 aromatic rings. The monoisotopic (exact) mass is 361 g/mol. The van der Waals surface area contributed by atoms with Crippen LogP contribution in [0.5, 0.6) is 0 Å². The first-order chi connectivity index (χ1) is 8.34. The number of aliphatic carboxylic acids is 1. The van der Waals surface area contributed by atoms with Gasteiger partial charge in [-0.25, -0.2) is 0 Å². The maximum Gasteiger partial charge on any atom is 0.308 e. The van der Waals surface area contributed by atoms with E-state index < -0.39 is 17.9 Å². The number of carboxylic acid groups (broad SMARTS) is 1. The molecule has 0 radical (unpaired) electrons. The van der Waals surface area contributed by atoms with Crippen molar-refractivity contribution in [3.63, 3.8) is 0 Å². The minimum atomic E-state index is -0.915. The van der Waals surface area contributed by atoms with Crippen LogP contribution in [0.15, 0.2) is 18.2 Å². The zero-order chi connectivity index (χ0) is 13.9. The van der Waals surface area contributed by atoms with Crippen LogP contribution in [0.3, 0.4) is 0 Å². The quantitative estimate of drug-likeness (QED) is 0.810. The van der Waals surface area contributed by atoms with Crippen molar-refractivity contribution >= 4 is 34.5 Å². The summed E-state index contributed by atoms with van der Waals surface area (Å²) in [7, 11) is 0. The van der Waals surface area contributed by atoms with Gasteiger partial charge in [0.1, 0.15) is 0 Å². The normalized spacial score (nSPS) is 13.8. The molecule has 0 aliphatic heterocycles. The number of nitrogens with one attached hydrogen (secondary N) is 1. The molecule has 0 fully saturated rings. The predicted molar refractivity (Wildman–Crippen MR) is 77.6 cm³/mol. The van der Waals surface area contributed by atoms with Gasteiger partial charge in [0.15, 0.2) is 0 Å². The SMILES string of the molecule is Cc1c(I)cccc1C(=O)NC(C)C(C)C(=O)O. The molecule has 0 aliphatic carbocycles. The lowest BCUT2D eigenvalue weighted by atomic mass is 10.0. The van der Waals surface area contributed by atoms with Gasteiger partial charge in [0, 0.05) is 15.2 Å². The highest BCUT2D eigenvalue weighted by Gasteiger charge is 2.22. The average molecular weight is 361 g/mol. The fraction of sp³-hybridized carbons (Fsp3) is 0.385. The minimum Gasteiger partial charge on any atom is -0.481 e. The first-order valence-corrected chi connectivity index (χ1v) is 6.71. The van der Waals surface area contributed by atoms with E-state index in [1.807, 2.05) is 19.1 Å². The Labute approximate surface area is 120 Å². The molecule has 5 heteroatoms.